The molecule has 0 radical (unpaired) electrons. The SMILES string of the molecule is Fc1ccc(Br)cc1[C@]12C[C@H]1c1c[nH]c(=S)n1C2. The third-order valence-electron chi connectivity index (χ3n) is 4.24. The minimum atomic E-state index is -0.110. The smallest absolute Gasteiger partial charge is 0.177 e. The quantitative estimate of drug-likeness (QED) is 0.789. The van der Waals surface area contributed by atoms with Crippen molar-refractivity contribution in [3.63, 3.8) is 0 Å². The second kappa shape index (κ2) is 3.33. The van der Waals surface area contributed by atoms with Gasteiger partial charge in [0.15, 0.2) is 4.77 Å². The van der Waals surface area contributed by atoms with Gasteiger partial charge in [0.1, 0.15) is 5.82 Å². The Morgan fingerprint density at radius 3 is 3.11 bits per heavy atom. The number of fused-ring (bicyclic) bond motifs is 3. The van der Waals surface area contributed by atoms with Gasteiger partial charge in [-0.15, -0.1) is 0 Å². The number of hydrogen-bond donors (Lipinski definition) is 1. The van der Waals surface area contributed by atoms with Crippen LogP contribution < -0.4 is 0 Å². The summed E-state index contributed by atoms with van der Waals surface area (Å²) in [6.45, 7) is 0.794. The van der Waals surface area contributed by atoms with Gasteiger partial charge >= 0.3 is 0 Å². The van der Waals surface area contributed by atoms with Crippen LogP contribution in [-0.2, 0) is 12.0 Å². The highest BCUT2D eigenvalue weighted by Gasteiger charge is 2.62. The van der Waals surface area contributed by atoms with Crippen LogP contribution in [0.15, 0.2) is 28.9 Å². The van der Waals surface area contributed by atoms with Crippen LogP contribution in [0.5, 0.6) is 0 Å². The Hall–Kier alpha value is -0.940. The van der Waals surface area contributed by atoms with E-state index >= 15 is 0 Å². The molecule has 0 saturated heterocycles. The Kier molecular flexibility index (Phi) is 2.02. The molecule has 1 aromatic heterocycles. The van der Waals surface area contributed by atoms with E-state index in [1.54, 1.807) is 6.07 Å². The highest BCUT2D eigenvalue weighted by atomic mass is 79.9. The van der Waals surface area contributed by atoms with Gasteiger partial charge in [-0.2, -0.15) is 0 Å². The highest BCUT2D eigenvalue weighted by Crippen LogP contribution is 2.65. The number of rotatable bonds is 1. The summed E-state index contributed by atoms with van der Waals surface area (Å²) < 4.78 is 17.8. The topological polar surface area (TPSA) is 20.7 Å². The highest BCUT2D eigenvalue weighted by molar-refractivity contribution is 9.10. The average molecular weight is 325 g/mol. The molecule has 2 aliphatic rings. The molecule has 1 aliphatic carbocycles. The molecular weight excluding hydrogens is 315 g/mol. The van der Waals surface area contributed by atoms with E-state index in [2.05, 4.69) is 25.5 Å². The number of halogens is 2. The van der Waals surface area contributed by atoms with Gasteiger partial charge in [-0.25, -0.2) is 4.39 Å². The maximum atomic E-state index is 14.1. The summed E-state index contributed by atoms with van der Waals surface area (Å²) in [5.41, 5.74) is 1.98. The molecule has 0 unspecified atom stereocenters. The van der Waals surface area contributed by atoms with Crippen LogP contribution in [0.4, 0.5) is 4.39 Å². The van der Waals surface area contributed by atoms with Crippen LogP contribution in [0.25, 0.3) is 0 Å². The molecule has 1 saturated carbocycles. The van der Waals surface area contributed by atoms with Crippen molar-refractivity contribution in [2.24, 2.45) is 0 Å². The van der Waals surface area contributed by atoms with Crippen LogP contribution in [0.3, 0.4) is 0 Å². The van der Waals surface area contributed by atoms with Crippen molar-refractivity contribution in [2.45, 2.75) is 24.3 Å². The van der Waals surface area contributed by atoms with E-state index in [9.17, 15) is 4.39 Å². The monoisotopic (exact) mass is 324 g/mol. The number of aromatic amines is 1. The molecule has 18 heavy (non-hydrogen) atoms. The van der Waals surface area contributed by atoms with Gasteiger partial charge in [0, 0.05) is 34.2 Å². The third-order valence-corrected chi connectivity index (χ3v) is 5.07. The first kappa shape index (κ1) is 10.9. The van der Waals surface area contributed by atoms with E-state index in [-0.39, 0.29) is 11.2 Å². The van der Waals surface area contributed by atoms with Gasteiger partial charge in [-0.1, -0.05) is 15.9 Å². The maximum absolute atomic E-state index is 14.1. The lowest BCUT2D eigenvalue weighted by Gasteiger charge is -2.14. The number of imidazole rings is 1. The molecule has 5 heteroatoms. The van der Waals surface area contributed by atoms with Crippen LogP contribution in [0.2, 0.25) is 0 Å². The maximum Gasteiger partial charge on any atom is 0.177 e. The number of H-pyrrole nitrogens is 1. The second-order valence-corrected chi connectivity index (χ2v) is 6.44. The summed E-state index contributed by atoms with van der Waals surface area (Å²) in [5.74, 6) is 0.301. The molecule has 4 rings (SSSR count). The van der Waals surface area contributed by atoms with Crippen LogP contribution >= 0.6 is 28.1 Å². The largest absolute Gasteiger partial charge is 0.337 e. The van der Waals surface area contributed by atoms with Crippen molar-refractivity contribution in [1.82, 2.24) is 9.55 Å². The predicted molar refractivity (Wildman–Crippen MR) is 72.8 cm³/mol. The van der Waals surface area contributed by atoms with Crippen molar-refractivity contribution in [3.05, 3.63) is 50.7 Å². The minimum Gasteiger partial charge on any atom is -0.337 e. The average Bonchev–Trinajstić information content (AvgIpc) is 2.82. The molecule has 1 aliphatic heterocycles. The molecule has 0 amide bonds. The number of aromatic nitrogens is 2. The Bertz CT molecular complexity index is 720. The molecule has 2 heterocycles. The van der Waals surface area contributed by atoms with Gasteiger partial charge < -0.3 is 9.55 Å². The summed E-state index contributed by atoms with van der Waals surface area (Å²) in [5, 5.41) is 0. The fourth-order valence-electron chi connectivity index (χ4n) is 3.27. The van der Waals surface area contributed by atoms with E-state index < -0.39 is 0 Å². The van der Waals surface area contributed by atoms with E-state index in [4.69, 9.17) is 12.2 Å². The zero-order valence-electron chi connectivity index (χ0n) is 9.41. The van der Waals surface area contributed by atoms with Crippen LogP contribution in [-0.4, -0.2) is 9.55 Å². The van der Waals surface area contributed by atoms with Crippen molar-refractivity contribution < 1.29 is 4.39 Å². The van der Waals surface area contributed by atoms with Crippen molar-refractivity contribution in [2.75, 3.05) is 0 Å². The predicted octanol–water partition coefficient (Wildman–Crippen LogP) is 3.89. The Morgan fingerprint density at radius 2 is 2.33 bits per heavy atom. The molecule has 0 spiro atoms. The van der Waals surface area contributed by atoms with E-state index in [0.717, 1.165) is 27.8 Å². The van der Waals surface area contributed by atoms with Gasteiger partial charge in [0.05, 0.1) is 0 Å². The van der Waals surface area contributed by atoms with Gasteiger partial charge in [0.25, 0.3) is 0 Å². The van der Waals surface area contributed by atoms with Gasteiger partial charge in [-0.3, -0.25) is 0 Å². The molecule has 2 nitrogen and oxygen atoms in total. The molecule has 1 fully saturated rings. The number of nitrogens with one attached hydrogen (secondary N) is 1. The molecule has 1 aromatic carbocycles. The van der Waals surface area contributed by atoms with Gasteiger partial charge in [-0.05, 0) is 42.4 Å². The lowest BCUT2D eigenvalue weighted by Crippen LogP contribution is -2.14. The number of nitrogens with zero attached hydrogens (tertiary/aromatic N) is 1. The first-order chi connectivity index (χ1) is 8.62. The summed E-state index contributed by atoms with van der Waals surface area (Å²) >= 11 is 8.67. The molecule has 2 aromatic rings. The van der Waals surface area contributed by atoms with Crippen molar-refractivity contribution >= 4 is 28.1 Å². The summed E-state index contributed by atoms with van der Waals surface area (Å²) in [7, 11) is 0. The fourth-order valence-corrected chi connectivity index (χ4v) is 3.86. The van der Waals surface area contributed by atoms with Gasteiger partial charge in [0.2, 0.25) is 0 Å². The first-order valence-corrected chi connectivity index (χ1v) is 7.05. The zero-order valence-corrected chi connectivity index (χ0v) is 11.8. The standard InChI is InChI=1S/C13H10BrFN2S/c14-7-1-2-10(15)8(3-7)13-4-9(13)11-5-16-12(18)17(11)6-13/h1-3,5,9H,4,6H2,(H,16,18)/t9-,13+/m0/s1. The van der Waals surface area contributed by atoms with E-state index in [1.807, 2.05) is 12.3 Å². The van der Waals surface area contributed by atoms with Crippen LogP contribution in [0.1, 0.15) is 23.6 Å². The number of hydrogen-bond acceptors (Lipinski definition) is 1. The second-order valence-electron chi connectivity index (χ2n) is 5.14. The van der Waals surface area contributed by atoms with Crippen molar-refractivity contribution in [1.29, 1.82) is 0 Å². The number of benzene rings is 1. The summed E-state index contributed by atoms with van der Waals surface area (Å²) in [6, 6.07) is 5.20. The lowest BCUT2D eigenvalue weighted by atomic mass is 9.94. The zero-order chi connectivity index (χ0) is 12.5. The van der Waals surface area contributed by atoms with Crippen molar-refractivity contribution in [3.8, 4) is 0 Å². The summed E-state index contributed by atoms with van der Waals surface area (Å²) in [4.78, 5) is 3.07. The van der Waals surface area contributed by atoms with E-state index in [1.165, 1.54) is 11.8 Å². The fraction of sp³-hybridized carbons (Fsp3) is 0.308. The Morgan fingerprint density at radius 1 is 1.50 bits per heavy atom. The third kappa shape index (κ3) is 1.24. The first-order valence-electron chi connectivity index (χ1n) is 5.85. The minimum absolute atomic E-state index is 0.0636. The summed E-state index contributed by atoms with van der Waals surface area (Å²) in [6.07, 6.45) is 2.99. The van der Waals surface area contributed by atoms with E-state index in [0.29, 0.717) is 5.92 Å². The normalized spacial score (nSPS) is 28.0. The Labute approximate surface area is 117 Å². The molecule has 0 bridgehead atoms. The Balaban J connectivity index is 1.86. The molecule has 92 valence electrons. The molecule has 1 N–H and O–H groups in total. The van der Waals surface area contributed by atoms with Crippen LogP contribution in [0, 0.1) is 10.6 Å². The molecule has 2 atom stereocenters. The lowest BCUT2D eigenvalue weighted by molar-refractivity contribution is 0.530. The molecular formula is C13H10BrFN2S.